The van der Waals surface area contributed by atoms with Crippen LogP contribution in [0.4, 0.5) is 4.79 Å². The lowest BCUT2D eigenvalue weighted by Crippen LogP contribution is -2.28. The molecule has 5 nitrogen and oxygen atoms in total. The summed E-state index contributed by atoms with van der Waals surface area (Å²) in [6.07, 6.45) is 4.88. The number of carbonyl (C=O) groups is 1. The van der Waals surface area contributed by atoms with E-state index in [2.05, 4.69) is 44.1 Å². The van der Waals surface area contributed by atoms with Crippen molar-refractivity contribution < 1.29 is 13.7 Å². The summed E-state index contributed by atoms with van der Waals surface area (Å²) in [5.41, 5.74) is 3.00. The summed E-state index contributed by atoms with van der Waals surface area (Å²) in [5.74, 6) is -0.341. The Bertz CT molecular complexity index is 878. The Morgan fingerprint density at radius 2 is 1.93 bits per heavy atom. The third kappa shape index (κ3) is 7.98. The van der Waals surface area contributed by atoms with E-state index in [9.17, 15) is 10.1 Å². The van der Waals surface area contributed by atoms with Crippen LogP contribution < -0.4 is 0 Å². The molecule has 0 aliphatic heterocycles. The van der Waals surface area contributed by atoms with Crippen LogP contribution in [0.25, 0.3) is 0 Å². The van der Waals surface area contributed by atoms with Gasteiger partial charge in [0.25, 0.3) is 0 Å². The minimum absolute atomic E-state index is 0.0693. The molecule has 160 valence electrons. The number of aromatic nitrogens is 1. The smallest absolute Gasteiger partial charge is 0.403 e. The van der Waals surface area contributed by atoms with Crippen molar-refractivity contribution in [3.63, 3.8) is 0 Å². The van der Waals surface area contributed by atoms with Crippen molar-refractivity contribution in [1.82, 2.24) is 4.98 Å². The highest BCUT2D eigenvalue weighted by Crippen LogP contribution is 2.23. The highest BCUT2D eigenvalue weighted by Gasteiger charge is 2.32. The fraction of sp³-hybridized carbons (Fsp3) is 0.435. The minimum atomic E-state index is -0.811. The Morgan fingerprint density at radius 3 is 2.53 bits per heavy atom. The van der Waals surface area contributed by atoms with Gasteiger partial charge in [0.05, 0.1) is 24.3 Å². The molecule has 7 heteroatoms. The molecule has 0 bridgehead atoms. The lowest BCUT2D eigenvalue weighted by atomic mass is 9.94. The molecule has 1 heterocycles. The van der Waals surface area contributed by atoms with Gasteiger partial charge in [-0.15, -0.1) is 0 Å². The van der Waals surface area contributed by atoms with E-state index in [4.69, 9.17) is 20.5 Å². The van der Waals surface area contributed by atoms with Gasteiger partial charge in [0, 0.05) is 24.2 Å². The predicted molar refractivity (Wildman–Crippen MR) is 121 cm³/mol. The number of halogens is 1. The molecule has 0 N–H and O–H groups in total. The molecule has 2 atom stereocenters. The monoisotopic (exact) mass is 447 g/mol. The Morgan fingerprint density at radius 1 is 1.23 bits per heavy atom. The van der Waals surface area contributed by atoms with E-state index >= 15 is 0 Å². The molecule has 1 aromatic carbocycles. The van der Waals surface area contributed by atoms with Gasteiger partial charge in [-0.2, -0.15) is 9.44 Å². The number of nitrogens with zero attached hydrogens (tertiary/aromatic N) is 2. The summed E-state index contributed by atoms with van der Waals surface area (Å²) >= 11 is 5.06. The van der Waals surface area contributed by atoms with Gasteiger partial charge in [-0.3, -0.25) is 4.98 Å². The van der Waals surface area contributed by atoms with Gasteiger partial charge in [0.2, 0.25) is 0 Å². The first-order valence-corrected chi connectivity index (χ1v) is 11.7. The Kier molecular flexibility index (Phi) is 9.16. The molecule has 2 aromatic rings. The Balaban J connectivity index is 2.21. The average Bonchev–Trinajstić information content (AvgIpc) is 2.69. The molecule has 0 aliphatic carbocycles. The summed E-state index contributed by atoms with van der Waals surface area (Å²) in [4.78, 5) is 15.2. The number of ether oxygens (including phenoxy) is 1. The van der Waals surface area contributed by atoms with Crippen molar-refractivity contribution in [2.24, 2.45) is 0 Å². The Hall–Kier alpha value is -2.07. The maximum absolute atomic E-state index is 10.9. The van der Waals surface area contributed by atoms with E-state index in [1.807, 2.05) is 30.3 Å². The molecule has 2 unspecified atom stereocenters. The highest BCUT2D eigenvalue weighted by molar-refractivity contribution is 7.92. The first-order chi connectivity index (χ1) is 14.2. The average molecular weight is 448 g/mol. The van der Waals surface area contributed by atoms with Crippen LogP contribution in [-0.2, 0) is 39.5 Å². The van der Waals surface area contributed by atoms with Gasteiger partial charge >= 0.3 is 5.43 Å². The van der Waals surface area contributed by atoms with Crippen LogP contribution >= 0.6 is 11.6 Å². The number of benzene rings is 1. The van der Waals surface area contributed by atoms with E-state index in [1.54, 1.807) is 6.20 Å². The molecular weight excluding hydrogens is 420 g/mol. The van der Waals surface area contributed by atoms with E-state index in [-0.39, 0.29) is 28.4 Å². The second kappa shape index (κ2) is 11.4. The number of rotatable bonds is 9. The minimum Gasteiger partial charge on any atom is -0.453 e. The van der Waals surface area contributed by atoms with E-state index in [1.165, 1.54) is 0 Å². The summed E-state index contributed by atoms with van der Waals surface area (Å²) in [6.45, 7) is 7.15. The third-order valence-electron chi connectivity index (χ3n) is 4.62. The van der Waals surface area contributed by atoms with Crippen LogP contribution in [0.3, 0.4) is 0 Å². The summed E-state index contributed by atoms with van der Waals surface area (Å²) in [7, 11) is 0. The molecule has 0 aliphatic rings. The number of pyridine rings is 1. The molecule has 0 spiro atoms. The molecule has 0 saturated heterocycles. The molecule has 0 fully saturated rings. The summed E-state index contributed by atoms with van der Waals surface area (Å²) < 4.78 is 11.0. The van der Waals surface area contributed by atoms with Crippen molar-refractivity contribution in [2.45, 2.75) is 50.9 Å². The van der Waals surface area contributed by atoms with Crippen LogP contribution in [0.1, 0.15) is 49.1 Å². The molecule has 30 heavy (non-hydrogen) atoms. The second-order valence-corrected chi connectivity index (χ2v) is 10.6. The molecule has 0 radical (unpaired) electrons. The van der Waals surface area contributed by atoms with E-state index in [0.29, 0.717) is 19.4 Å². The van der Waals surface area contributed by atoms with Gasteiger partial charge in [-0.1, -0.05) is 24.3 Å². The lowest BCUT2D eigenvalue weighted by molar-refractivity contribution is 0.175. The third-order valence-corrected chi connectivity index (χ3v) is 6.93. The zero-order chi connectivity index (χ0) is 22.1. The topological polar surface area (TPSA) is 72.2 Å². The summed E-state index contributed by atoms with van der Waals surface area (Å²) in [6, 6.07) is 14.1. The van der Waals surface area contributed by atoms with Gasteiger partial charge in [0.1, 0.15) is 24.0 Å². The Labute approximate surface area is 186 Å². The van der Waals surface area contributed by atoms with E-state index in [0.717, 1.165) is 22.4 Å². The van der Waals surface area contributed by atoms with Crippen molar-refractivity contribution in [1.29, 1.82) is 5.26 Å². The zero-order valence-electron chi connectivity index (χ0n) is 17.9. The zero-order valence-corrected chi connectivity index (χ0v) is 19.4. The fourth-order valence-corrected chi connectivity index (χ4v) is 3.54. The van der Waals surface area contributed by atoms with Crippen molar-refractivity contribution in [3.05, 3.63) is 65.0 Å². The highest BCUT2D eigenvalue weighted by atomic mass is 35.5. The van der Waals surface area contributed by atoms with Gasteiger partial charge in [-0.25, -0.2) is 4.79 Å². The normalized spacial score (nSPS) is 13.3. The molecule has 1 aromatic heterocycles. The van der Waals surface area contributed by atoms with Crippen molar-refractivity contribution >= 4 is 28.2 Å². The SMILES string of the molecule is C[S+](OCc1cc(CCOC(=O)Cl)cc(CC(C#N)c2ccccn2)c1)C(C)(C)C. The number of hydrogen-bond acceptors (Lipinski definition) is 5. The van der Waals surface area contributed by atoms with E-state index < -0.39 is 5.43 Å². The maximum Gasteiger partial charge on any atom is 0.403 e. The lowest BCUT2D eigenvalue weighted by Gasteiger charge is -2.17. The number of carbonyl (C=O) groups excluding carboxylic acids is 1. The van der Waals surface area contributed by atoms with Crippen LogP contribution in [-0.4, -0.2) is 28.0 Å². The van der Waals surface area contributed by atoms with Gasteiger partial charge in [0.15, 0.2) is 4.75 Å². The van der Waals surface area contributed by atoms with Gasteiger partial charge in [-0.05, 0) is 56.0 Å². The second-order valence-electron chi connectivity index (χ2n) is 7.96. The van der Waals surface area contributed by atoms with Crippen LogP contribution in [0.15, 0.2) is 42.6 Å². The molecule has 2 rings (SSSR count). The number of nitriles is 1. The predicted octanol–water partition coefficient (Wildman–Crippen LogP) is 5.33. The fourth-order valence-electron chi connectivity index (χ4n) is 2.80. The largest absolute Gasteiger partial charge is 0.453 e. The standard InChI is InChI=1S/C23H28ClN2O3S/c1-23(2,3)30(4)29-16-19-12-17(8-10-28-22(24)27)11-18(13-19)14-20(15-25)21-7-5-6-9-26-21/h5-7,9,11-13,20H,8,10,14,16H2,1-4H3/q+1. The van der Waals surface area contributed by atoms with Crippen LogP contribution in [0.2, 0.25) is 0 Å². The molecule has 0 saturated carbocycles. The number of hydrogen-bond donors (Lipinski definition) is 0. The van der Waals surface area contributed by atoms with Gasteiger partial charge < -0.3 is 4.74 Å². The summed E-state index contributed by atoms with van der Waals surface area (Å²) in [5, 5.41) is 9.66. The van der Waals surface area contributed by atoms with Crippen molar-refractivity contribution in [3.8, 4) is 6.07 Å². The quantitative estimate of drug-likeness (QED) is 0.384. The maximum atomic E-state index is 10.9. The molecular formula is C23H28ClN2O3S+. The van der Waals surface area contributed by atoms with Crippen LogP contribution in [0, 0.1) is 11.3 Å². The first-order valence-electron chi connectivity index (χ1n) is 9.73. The first kappa shape index (κ1) is 24.2. The van der Waals surface area contributed by atoms with Crippen LogP contribution in [0.5, 0.6) is 0 Å². The van der Waals surface area contributed by atoms with Crippen molar-refractivity contribution in [2.75, 3.05) is 12.9 Å². The molecule has 0 amide bonds.